The predicted molar refractivity (Wildman–Crippen MR) is 111 cm³/mol. The molecule has 0 aromatic carbocycles. The van der Waals surface area contributed by atoms with Crippen molar-refractivity contribution >= 4 is 18.4 Å². The maximum atomic E-state index is 9.13. The molecule has 0 aliphatic rings. The minimum atomic E-state index is -2.22. The first-order valence-corrected chi connectivity index (χ1v) is 18.1. The molecule has 4 nitrogen and oxygen atoms in total. The van der Waals surface area contributed by atoms with Crippen molar-refractivity contribution in [3.63, 3.8) is 0 Å². The number of nitrogens with zero attached hydrogens (tertiary/aromatic N) is 1. The minimum absolute atomic E-state index is 0.0946. The van der Waals surface area contributed by atoms with E-state index < -0.39 is 18.4 Å². The van der Waals surface area contributed by atoms with E-state index in [1.807, 2.05) is 0 Å². The molecule has 1 N–H and O–H groups in total. The van der Waals surface area contributed by atoms with E-state index in [9.17, 15) is 0 Å². The van der Waals surface area contributed by atoms with Crippen LogP contribution >= 0.6 is 0 Å². The van der Waals surface area contributed by atoms with Crippen LogP contribution in [0, 0.1) is 0 Å². The average Bonchev–Trinajstić information content (AvgIpc) is 3.15. The molecule has 0 bridgehead atoms. The van der Waals surface area contributed by atoms with Gasteiger partial charge in [-0.3, -0.25) is 0 Å². The van der Waals surface area contributed by atoms with Crippen LogP contribution in [0.3, 0.4) is 0 Å². The number of aromatic nitrogens is 1. The number of oxazole rings is 1. The monoisotopic (exact) mass is 473 g/mol. The summed E-state index contributed by atoms with van der Waals surface area (Å²) in [5.41, 5.74) is 0.776. The Morgan fingerprint density at radius 2 is 1.69 bits per heavy atom. The fourth-order valence-corrected chi connectivity index (χ4v) is 18.0. The molecule has 0 aliphatic carbocycles. The third kappa shape index (κ3) is 8.13. The van der Waals surface area contributed by atoms with Crippen molar-refractivity contribution in [1.29, 1.82) is 0 Å². The van der Waals surface area contributed by atoms with Crippen LogP contribution in [0.5, 0.6) is 0 Å². The first-order chi connectivity index (χ1) is 12.6. The molecule has 26 heavy (non-hydrogen) atoms. The summed E-state index contributed by atoms with van der Waals surface area (Å²) in [7, 11) is 1.72. The summed E-state index contributed by atoms with van der Waals surface area (Å²) in [6, 6.07) is 0. The van der Waals surface area contributed by atoms with Crippen LogP contribution in [0.15, 0.2) is 20.8 Å². The standard InChI is InChI=1S/C9H12NO3.3C4H9.Sn/c1-3-4-8(12-2)7-6-13-9(5-11)10-7;3*1-3-4-2;/h1,3,6,8,11H,4-5H2,2H3;3*1,3-4H2,2H3;/t8-;;;;/m0..../s1. The quantitative estimate of drug-likeness (QED) is 0.310. The van der Waals surface area contributed by atoms with Crippen molar-refractivity contribution in [2.45, 2.75) is 91.7 Å². The number of methoxy groups -OCH3 is 1. The maximum absolute atomic E-state index is 9.13. The summed E-state index contributed by atoms with van der Waals surface area (Å²) in [4.78, 5) is 4.31. The van der Waals surface area contributed by atoms with Gasteiger partial charge in [-0.05, 0) is 0 Å². The van der Waals surface area contributed by atoms with Crippen LogP contribution < -0.4 is 0 Å². The predicted octanol–water partition coefficient (Wildman–Crippen LogP) is 6.19. The van der Waals surface area contributed by atoms with Crippen LogP contribution in [0.4, 0.5) is 0 Å². The van der Waals surface area contributed by atoms with Crippen LogP contribution in [-0.4, -0.2) is 35.6 Å². The molecule has 1 heterocycles. The first-order valence-electron chi connectivity index (χ1n) is 10.4. The Hall–Kier alpha value is -0.331. The second-order valence-corrected chi connectivity index (χ2v) is 20.4. The van der Waals surface area contributed by atoms with Crippen molar-refractivity contribution < 1.29 is 14.3 Å². The van der Waals surface area contributed by atoms with E-state index >= 15 is 0 Å². The van der Waals surface area contributed by atoms with Gasteiger partial charge in [0.15, 0.2) is 0 Å². The normalized spacial score (nSPS) is 13.6. The van der Waals surface area contributed by atoms with Gasteiger partial charge in [0.2, 0.25) is 0 Å². The number of unbranched alkanes of at least 4 members (excludes halogenated alkanes) is 3. The van der Waals surface area contributed by atoms with Crippen LogP contribution in [0.25, 0.3) is 0 Å². The zero-order chi connectivity index (χ0) is 19.3. The Balaban J connectivity index is 2.83. The fraction of sp³-hybridized carbons (Fsp3) is 0.762. The van der Waals surface area contributed by atoms with E-state index in [0.29, 0.717) is 5.89 Å². The molecule has 5 heteroatoms. The van der Waals surface area contributed by atoms with E-state index in [1.165, 1.54) is 51.8 Å². The fourth-order valence-electron chi connectivity index (χ4n) is 3.54. The van der Waals surface area contributed by atoms with Gasteiger partial charge in [-0.1, -0.05) is 0 Å². The van der Waals surface area contributed by atoms with Gasteiger partial charge in [-0.2, -0.15) is 0 Å². The Kier molecular flexibility index (Phi) is 12.6. The van der Waals surface area contributed by atoms with E-state index in [4.69, 9.17) is 14.3 Å². The number of aliphatic hydroxyl groups is 1. The Labute approximate surface area is 164 Å². The number of rotatable bonds is 15. The van der Waals surface area contributed by atoms with Crippen LogP contribution in [0.1, 0.15) is 83.4 Å². The van der Waals surface area contributed by atoms with Crippen LogP contribution in [-0.2, 0) is 11.3 Å². The number of ether oxygens (including phenoxy) is 1. The zero-order valence-electron chi connectivity index (χ0n) is 17.3. The molecule has 150 valence electrons. The van der Waals surface area contributed by atoms with Gasteiger partial charge < -0.3 is 0 Å². The Morgan fingerprint density at radius 1 is 1.12 bits per heavy atom. The first kappa shape index (κ1) is 23.7. The summed E-state index contributed by atoms with van der Waals surface area (Å²) in [5.74, 6) is 0.355. The number of aliphatic hydroxyl groups excluding tert-OH is 1. The zero-order valence-corrected chi connectivity index (χ0v) is 20.2. The number of hydrogen-bond acceptors (Lipinski definition) is 4. The van der Waals surface area contributed by atoms with E-state index in [1.54, 1.807) is 13.4 Å². The molecule has 0 unspecified atom stereocenters. The molecule has 0 radical (unpaired) electrons. The van der Waals surface area contributed by atoms with E-state index in [-0.39, 0.29) is 12.7 Å². The molecule has 0 amide bonds. The van der Waals surface area contributed by atoms with E-state index in [2.05, 4.69) is 35.9 Å². The molecule has 0 saturated heterocycles. The van der Waals surface area contributed by atoms with Crippen molar-refractivity contribution in [3.8, 4) is 0 Å². The van der Waals surface area contributed by atoms with Gasteiger partial charge in [0.1, 0.15) is 0 Å². The average molecular weight is 472 g/mol. The molecule has 1 aromatic rings. The summed E-state index contributed by atoms with van der Waals surface area (Å²) in [5, 5.41) is 9.13. The van der Waals surface area contributed by atoms with Gasteiger partial charge in [-0.25, -0.2) is 0 Å². The number of hydrogen-bond donors (Lipinski definition) is 1. The summed E-state index contributed by atoms with van der Waals surface area (Å²) >= 11 is -2.22. The third-order valence-corrected chi connectivity index (χ3v) is 19.5. The van der Waals surface area contributed by atoms with Crippen molar-refractivity contribution in [2.75, 3.05) is 7.11 Å². The van der Waals surface area contributed by atoms with Crippen molar-refractivity contribution in [3.05, 3.63) is 28.0 Å². The van der Waals surface area contributed by atoms with Gasteiger partial charge in [0.05, 0.1) is 0 Å². The summed E-state index contributed by atoms with van der Waals surface area (Å²) in [6.07, 6.45) is 12.8. The molecule has 1 atom stereocenters. The Bertz CT molecular complexity index is 479. The summed E-state index contributed by atoms with van der Waals surface area (Å²) in [6.45, 7) is 6.76. The van der Waals surface area contributed by atoms with E-state index in [0.717, 1.165) is 12.1 Å². The topological polar surface area (TPSA) is 55.5 Å². The summed E-state index contributed by atoms with van der Waals surface area (Å²) < 4.78 is 18.0. The van der Waals surface area contributed by atoms with Crippen molar-refractivity contribution in [1.82, 2.24) is 4.98 Å². The molecule has 0 aliphatic heterocycles. The van der Waals surface area contributed by atoms with Gasteiger partial charge in [0, 0.05) is 0 Å². The van der Waals surface area contributed by atoms with Gasteiger partial charge >= 0.3 is 164 Å². The molecule has 0 saturated carbocycles. The molecule has 0 fully saturated rings. The van der Waals surface area contributed by atoms with Gasteiger partial charge in [-0.15, -0.1) is 0 Å². The van der Waals surface area contributed by atoms with Crippen molar-refractivity contribution in [2.24, 2.45) is 0 Å². The molecule has 1 aromatic heterocycles. The molecule has 0 spiro atoms. The second-order valence-electron chi connectivity index (χ2n) is 7.36. The molecular formula is C21H39NO3Sn. The Morgan fingerprint density at radius 3 is 2.12 bits per heavy atom. The van der Waals surface area contributed by atoms with Gasteiger partial charge in [0.25, 0.3) is 0 Å². The SMILES string of the molecule is CCC[CH2][Sn](/[CH]=C/C[C@H](OC)c1coc(CO)n1)([CH2]CCC)[CH2]CCC. The second kappa shape index (κ2) is 13.8. The third-order valence-electron chi connectivity index (χ3n) is 5.23. The molecule has 1 rings (SSSR count). The molecular weight excluding hydrogens is 433 g/mol. The van der Waals surface area contributed by atoms with Crippen LogP contribution in [0.2, 0.25) is 13.3 Å².